The fourth-order valence-electron chi connectivity index (χ4n) is 4.31. The summed E-state index contributed by atoms with van der Waals surface area (Å²) in [6, 6.07) is 23.4. The summed E-state index contributed by atoms with van der Waals surface area (Å²) < 4.78 is 24.7. The molecular weight excluding hydrogens is 506 g/mol. The van der Waals surface area contributed by atoms with E-state index in [9.17, 15) is 18.3 Å². The maximum absolute atomic E-state index is 13.7. The maximum Gasteiger partial charge on any atom is 0.171 e. The van der Waals surface area contributed by atoms with Crippen molar-refractivity contribution in [3.05, 3.63) is 112 Å². The molecule has 4 rings (SSSR count). The molecule has 0 aliphatic carbocycles. The molecule has 0 spiro atoms. The fraction of sp³-hybridized carbons (Fsp3) is 0.200. The van der Waals surface area contributed by atoms with Gasteiger partial charge in [-0.2, -0.15) is 0 Å². The van der Waals surface area contributed by atoms with Crippen molar-refractivity contribution in [1.29, 1.82) is 0 Å². The van der Waals surface area contributed by atoms with E-state index in [1.165, 1.54) is 0 Å². The molecule has 1 atom stereocenters. The Morgan fingerprint density at radius 3 is 2.46 bits per heavy atom. The second-order valence-corrected chi connectivity index (χ2v) is 12.3. The average molecular weight is 534 g/mol. The third kappa shape index (κ3) is 6.72. The van der Waals surface area contributed by atoms with E-state index in [1.807, 2.05) is 54.6 Å². The summed E-state index contributed by atoms with van der Waals surface area (Å²) in [5.41, 5.74) is 2.41. The van der Waals surface area contributed by atoms with Crippen LogP contribution in [0.1, 0.15) is 52.5 Å². The van der Waals surface area contributed by atoms with E-state index in [0.717, 1.165) is 28.4 Å². The standard InChI is InChI=1S/C30H28ClNO4S/c1-30(2,34)27-10-5-4-9-25(27)29(33)26(19-37(3,35)36)22-8-6-7-20(17-22)11-15-24-16-13-21-12-14-23(31)18-28(21)32-24/h4-18,26,34H,19H2,1-3H3/t26-/m0/s1. The highest BCUT2D eigenvalue weighted by atomic mass is 35.5. The van der Waals surface area contributed by atoms with Gasteiger partial charge in [0.25, 0.3) is 0 Å². The van der Waals surface area contributed by atoms with Crippen LogP contribution in [0.3, 0.4) is 0 Å². The third-order valence-electron chi connectivity index (χ3n) is 6.07. The first-order valence-electron chi connectivity index (χ1n) is 11.8. The highest BCUT2D eigenvalue weighted by Crippen LogP contribution is 2.30. The number of Topliss-reactive ketones (excluding diaryl/α,β-unsaturated/α-hetero) is 1. The molecule has 0 bridgehead atoms. The number of aromatic nitrogens is 1. The number of halogens is 1. The van der Waals surface area contributed by atoms with Crippen LogP contribution >= 0.6 is 11.6 Å². The van der Waals surface area contributed by atoms with Gasteiger partial charge in [0.15, 0.2) is 5.78 Å². The van der Waals surface area contributed by atoms with E-state index in [-0.39, 0.29) is 11.5 Å². The van der Waals surface area contributed by atoms with Gasteiger partial charge in [-0.1, -0.05) is 78.3 Å². The van der Waals surface area contributed by atoms with Gasteiger partial charge in [0.1, 0.15) is 9.84 Å². The first-order chi connectivity index (χ1) is 17.4. The summed E-state index contributed by atoms with van der Waals surface area (Å²) >= 11 is 6.10. The number of hydrogen-bond acceptors (Lipinski definition) is 5. The molecule has 37 heavy (non-hydrogen) atoms. The Morgan fingerprint density at radius 1 is 1.00 bits per heavy atom. The minimum absolute atomic E-state index is 0.309. The van der Waals surface area contributed by atoms with Crippen LogP contribution in [0, 0.1) is 0 Å². The van der Waals surface area contributed by atoms with E-state index >= 15 is 0 Å². The van der Waals surface area contributed by atoms with Crippen LogP contribution in [0.5, 0.6) is 0 Å². The number of aliphatic hydroxyl groups is 1. The highest BCUT2D eigenvalue weighted by Gasteiger charge is 2.30. The van der Waals surface area contributed by atoms with Gasteiger partial charge < -0.3 is 5.11 Å². The fourth-order valence-corrected chi connectivity index (χ4v) is 5.42. The first-order valence-corrected chi connectivity index (χ1v) is 14.2. The zero-order chi connectivity index (χ0) is 26.8. The van der Waals surface area contributed by atoms with Crippen LogP contribution in [0.25, 0.3) is 23.1 Å². The first kappa shape index (κ1) is 26.7. The van der Waals surface area contributed by atoms with Gasteiger partial charge in [-0.25, -0.2) is 13.4 Å². The SMILES string of the molecule is CC(C)(O)c1ccccc1C(=O)[C@@H](CS(C)(=O)=O)c1cccc(C=Cc2ccc3ccc(Cl)cc3n2)c1. The van der Waals surface area contributed by atoms with Crippen molar-refractivity contribution in [3.63, 3.8) is 0 Å². The number of benzene rings is 3. The molecule has 3 aromatic carbocycles. The summed E-state index contributed by atoms with van der Waals surface area (Å²) in [4.78, 5) is 18.3. The summed E-state index contributed by atoms with van der Waals surface area (Å²) in [6.07, 6.45) is 4.85. The van der Waals surface area contributed by atoms with Crippen molar-refractivity contribution < 1.29 is 18.3 Å². The number of rotatable bonds is 8. The molecule has 7 heteroatoms. The molecular formula is C30H28ClNO4S. The lowest BCUT2D eigenvalue weighted by molar-refractivity contribution is 0.0750. The van der Waals surface area contributed by atoms with Crippen molar-refractivity contribution in [2.75, 3.05) is 12.0 Å². The normalized spacial score (nSPS) is 13.2. The predicted octanol–water partition coefficient (Wildman–Crippen LogP) is 6.30. The number of sulfone groups is 1. The van der Waals surface area contributed by atoms with E-state index in [0.29, 0.717) is 21.7 Å². The van der Waals surface area contributed by atoms with Gasteiger partial charge in [-0.15, -0.1) is 0 Å². The third-order valence-corrected chi connectivity index (χ3v) is 7.25. The molecule has 4 aromatic rings. The van der Waals surface area contributed by atoms with Crippen molar-refractivity contribution in [2.24, 2.45) is 0 Å². The van der Waals surface area contributed by atoms with Crippen LogP contribution in [-0.4, -0.2) is 36.3 Å². The van der Waals surface area contributed by atoms with Gasteiger partial charge in [0.2, 0.25) is 0 Å². The summed E-state index contributed by atoms with van der Waals surface area (Å²) in [5, 5.41) is 12.2. The van der Waals surface area contributed by atoms with Gasteiger partial charge in [-0.05, 0) is 54.8 Å². The predicted molar refractivity (Wildman–Crippen MR) is 151 cm³/mol. The van der Waals surface area contributed by atoms with E-state index in [2.05, 4.69) is 4.98 Å². The molecule has 1 heterocycles. The largest absolute Gasteiger partial charge is 0.386 e. The topological polar surface area (TPSA) is 84.3 Å². The number of pyridine rings is 1. The number of fused-ring (bicyclic) bond motifs is 1. The zero-order valence-electron chi connectivity index (χ0n) is 20.9. The Balaban J connectivity index is 1.70. The Morgan fingerprint density at radius 2 is 1.73 bits per heavy atom. The van der Waals surface area contributed by atoms with Gasteiger partial charge in [-0.3, -0.25) is 4.79 Å². The number of nitrogens with zero attached hydrogens (tertiary/aromatic N) is 1. The number of carbonyl (C=O) groups excluding carboxylic acids is 1. The molecule has 1 N–H and O–H groups in total. The second kappa shape index (κ2) is 10.6. The van der Waals surface area contributed by atoms with E-state index in [4.69, 9.17) is 11.6 Å². The van der Waals surface area contributed by atoms with Gasteiger partial charge >= 0.3 is 0 Å². The molecule has 0 aliphatic rings. The van der Waals surface area contributed by atoms with Crippen LogP contribution in [-0.2, 0) is 15.4 Å². The second-order valence-electron chi connectivity index (χ2n) is 9.69. The van der Waals surface area contributed by atoms with Crippen LogP contribution in [0.15, 0.2) is 78.9 Å². The van der Waals surface area contributed by atoms with Crippen molar-refractivity contribution in [3.8, 4) is 0 Å². The average Bonchev–Trinajstić information content (AvgIpc) is 2.84. The summed E-state index contributed by atoms with van der Waals surface area (Å²) in [6.45, 7) is 3.20. The van der Waals surface area contributed by atoms with Gasteiger partial charge in [0.05, 0.1) is 28.5 Å². The molecule has 0 aliphatic heterocycles. The molecule has 5 nitrogen and oxygen atoms in total. The molecule has 0 unspecified atom stereocenters. The summed E-state index contributed by atoms with van der Waals surface area (Å²) in [5.74, 6) is -1.61. The minimum atomic E-state index is -3.49. The molecule has 0 fully saturated rings. The van der Waals surface area contributed by atoms with Crippen LogP contribution < -0.4 is 0 Å². The monoisotopic (exact) mass is 533 g/mol. The number of ketones is 1. The van der Waals surface area contributed by atoms with Crippen molar-refractivity contribution in [1.82, 2.24) is 4.98 Å². The maximum atomic E-state index is 13.7. The van der Waals surface area contributed by atoms with E-state index < -0.39 is 21.4 Å². The molecule has 1 aromatic heterocycles. The molecule has 0 radical (unpaired) electrons. The quantitative estimate of drug-likeness (QED) is 0.269. The lowest BCUT2D eigenvalue weighted by Gasteiger charge is -2.23. The Hall–Kier alpha value is -3.32. The molecule has 0 saturated heterocycles. The highest BCUT2D eigenvalue weighted by molar-refractivity contribution is 7.90. The smallest absolute Gasteiger partial charge is 0.171 e. The molecule has 0 amide bonds. The Labute approximate surface area is 222 Å². The van der Waals surface area contributed by atoms with Crippen LogP contribution in [0.2, 0.25) is 5.02 Å². The molecule has 190 valence electrons. The van der Waals surface area contributed by atoms with Crippen LogP contribution in [0.4, 0.5) is 0 Å². The molecule has 0 saturated carbocycles. The number of carbonyl (C=O) groups is 1. The van der Waals surface area contributed by atoms with E-state index in [1.54, 1.807) is 50.2 Å². The van der Waals surface area contributed by atoms with Crippen molar-refractivity contribution >= 4 is 50.3 Å². The van der Waals surface area contributed by atoms with Gasteiger partial charge in [0, 0.05) is 22.2 Å². The lowest BCUT2D eigenvalue weighted by atomic mass is 9.85. The van der Waals surface area contributed by atoms with Crippen molar-refractivity contribution in [2.45, 2.75) is 25.4 Å². The Kier molecular flexibility index (Phi) is 7.64. The minimum Gasteiger partial charge on any atom is -0.386 e. The Bertz CT molecular complexity index is 1600. The lowest BCUT2D eigenvalue weighted by Crippen LogP contribution is -2.26. The number of hydrogen-bond donors (Lipinski definition) is 1. The summed E-state index contributed by atoms with van der Waals surface area (Å²) in [7, 11) is -3.49. The zero-order valence-corrected chi connectivity index (χ0v) is 22.4.